The molecule has 2 atom stereocenters. The summed E-state index contributed by atoms with van der Waals surface area (Å²) in [5.41, 5.74) is -1.07. The molecule has 0 spiro atoms. The zero-order valence-electron chi connectivity index (χ0n) is 7.15. The Morgan fingerprint density at radius 3 is 2.46 bits per heavy atom. The lowest BCUT2D eigenvalue weighted by molar-refractivity contribution is 0.790. The van der Waals surface area contributed by atoms with Crippen LogP contribution in [0.15, 0.2) is 14.7 Å². The van der Waals surface area contributed by atoms with E-state index >= 15 is 0 Å². The molecule has 2 unspecified atom stereocenters. The Morgan fingerprint density at radius 1 is 1.46 bits per heavy atom. The van der Waals surface area contributed by atoms with Crippen molar-refractivity contribution in [3.05, 3.63) is 21.0 Å². The van der Waals surface area contributed by atoms with Gasteiger partial charge in [-0.3, -0.25) is 0 Å². The molecule has 0 saturated heterocycles. The molecule has 1 aliphatic carbocycles. The molecule has 70 valence electrons. The van der Waals surface area contributed by atoms with Crippen LogP contribution < -0.4 is 11.4 Å². The average Bonchev–Trinajstić information content (AvgIpc) is 2.69. The van der Waals surface area contributed by atoms with Gasteiger partial charge in [0.2, 0.25) is 0 Å². The third-order valence-corrected chi connectivity index (χ3v) is 2.21. The SMILES string of the molecule is CC1CC1/C=N/n1c(=O)[nH][nH]c1=O. The molecule has 2 N–H and O–H groups in total. The van der Waals surface area contributed by atoms with Crippen molar-refractivity contribution in [3.63, 3.8) is 0 Å². The van der Waals surface area contributed by atoms with Crippen molar-refractivity contribution in [2.45, 2.75) is 13.3 Å². The molecule has 0 bridgehead atoms. The van der Waals surface area contributed by atoms with E-state index in [0.29, 0.717) is 11.8 Å². The molecule has 6 nitrogen and oxygen atoms in total. The maximum absolute atomic E-state index is 10.9. The average molecular weight is 182 g/mol. The van der Waals surface area contributed by atoms with E-state index in [1.54, 1.807) is 6.21 Å². The Bertz CT molecular complexity index is 410. The number of nitrogens with zero attached hydrogens (tertiary/aromatic N) is 2. The first-order valence-electron chi connectivity index (χ1n) is 4.12. The van der Waals surface area contributed by atoms with Crippen molar-refractivity contribution in [1.29, 1.82) is 0 Å². The molecule has 1 aromatic heterocycles. The topological polar surface area (TPSA) is 83.0 Å². The molecule has 1 aliphatic rings. The van der Waals surface area contributed by atoms with E-state index in [4.69, 9.17) is 0 Å². The van der Waals surface area contributed by atoms with Gasteiger partial charge in [0.05, 0.1) is 0 Å². The van der Waals surface area contributed by atoms with E-state index in [1.165, 1.54) is 0 Å². The van der Waals surface area contributed by atoms with Crippen molar-refractivity contribution >= 4 is 6.21 Å². The van der Waals surface area contributed by atoms with Crippen molar-refractivity contribution < 1.29 is 0 Å². The van der Waals surface area contributed by atoms with E-state index in [9.17, 15) is 9.59 Å². The standard InChI is InChI=1S/C7H10N4O2/c1-4-2-5(4)3-8-11-6(12)9-10-7(11)13/h3-5H,2H2,1H3,(H,9,12)(H,10,13)/b8-3+. The molecule has 6 heteroatoms. The number of hydrogen-bond donors (Lipinski definition) is 2. The summed E-state index contributed by atoms with van der Waals surface area (Å²) in [5.74, 6) is 1.04. The molecule has 0 aliphatic heterocycles. The lowest BCUT2D eigenvalue weighted by Gasteiger charge is -1.85. The number of nitrogens with one attached hydrogen (secondary N) is 2. The highest BCUT2D eigenvalue weighted by Gasteiger charge is 2.30. The number of aromatic nitrogens is 3. The first-order valence-corrected chi connectivity index (χ1v) is 4.12. The van der Waals surface area contributed by atoms with Gasteiger partial charge >= 0.3 is 11.4 Å². The van der Waals surface area contributed by atoms with Crippen LogP contribution in [0.3, 0.4) is 0 Å². The summed E-state index contributed by atoms with van der Waals surface area (Å²) in [6.07, 6.45) is 2.73. The zero-order chi connectivity index (χ0) is 9.42. The molecular formula is C7H10N4O2. The van der Waals surface area contributed by atoms with Crippen LogP contribution in [0.1, 0.15) is 13.3 Å². The van der Waals surface area contributed by atoms with Gasteiger partial charge in [0.1, 0.15) is 0 Å². The Labute approximate surface area is 73.3 Å². The second-order valence-electron chi connectivity index (χ2n) is 3.31. The van der Waals surface area contributed by atoms with Gasteiger partial charge in [-0.05, 0) is 18.3 Å². The van der Waals surface area contributed by atoms with Crippen molar-refractivity contribution in [2.24, 2.45) is 16.9 Å². The van der Waals surface area contributed by atoms with Gasteiger partial charge in [-0.25, -0.2) is 19.8 Å². The summed E-state index contributed by atoms with van der Waals surface area (Å²) in [5, 5.41) is 8.08. The van der Waals surface area contributed by atoms with Crippen molar-refractivity contribution in [3.8, 4) is 0 Å². The van der Waals surface area contributed by atoms with Crippen LogP contribution in [-0.4, -0.2) is 21.1 Å². The monoisotopic (exact) mass is 182 g/mol. The fourth-order valence-electron chi connectivity index (χ4n) is 1.12. The summed E-state index contributed by atoms with van der Waals surface area (Å²) in [6.45, 7) is 2.10. The largest absolute Gasteiger partial charge is 0.365 e. The highest BCUT2D eigenvalue weighted by Crippen LogP contribution is 2.35. The molecule has 2 rings (SSSR count). The van der Waals surface area contributed by atoms with Crippen molar-refractivity contribution in [2.75, 3.05) is 0 Å². The quantitative estimate of drug-likeness (QED) is 0.596. The number of aromatic amines is 2. The maximum Gasteiger partial charge on any atom is 0.365 e. The highest BCUT2D eigenvalue weighted by atomic mass is 16.2. The molecule has 1 heterocycles. The van der Waals surface area contributed by atoms with E-state index in [2.05, 4.69) is 22.2 Å². The summed E-state index contributed by atoms with van der Waals surface area (Å²) in [4.78, 5) is 21.8. The van der Waals surface area contributed by atoms with Crippen molar-refractivity contribution in [1.82, 2.24) is 14.9 Å². The normalized spacial score (nSPS) is 26.8. The maximum atomic E-state index is 10.9. The van der Waals surface area contributed by atoms with Gasteiger partial charge in [-0.1, -0.05) is 6.92 Å². The highest BCUT2D eigenvalue weighted by molar-refractivity contribution is 5.64. The minimum atomic E-state index is -0.533. The first kappa shape index (κ1) is 8.03. The fourth-order valence-corrected chi connectivity index (χ4v) is 1.12. The van der Waals surface area contributed by atoms with Crippen LogP contribution in [0.5, 0.6) is 0 Å². The Hall–Kier alpha value is -1.59. The van der Waals surface area contributed by atoms with Gasteiger partial charge in [-0.15, -0.1) is 4.68 Å². The van der Waals surface area contributed by atoms with Gasteiger partial charge in [0, 0.05) is 6.21 Å². The molecular weight excluding hydrogens is 172 g/mol. The smallest absolute Gasteiger partial charge is 0.246 e. The lowest BCUT2D eigenvalue weighted by atomic mass is 10.4. The molecule has 0 radical (unpaired) electrons. The van der Waals surface area contributed by atoms with Gasteiger partial charge in [0.25, 0.3) is 0 Å². The van der Waals surface area contributed by atoms with E-state index in [0.717, 1.165) is 11.1 Å². The first-order chi connectivity index (χ1) is 6.18. The molecule has 1 saturated carbocycles. The summed E-state index contributed by atoms with van der Waals surface area (Å²) in [6, 6.07) is 0. The second-order valence-corrected chi connectivity index (χ2v) is 3.31. The van der Waals surface area contributed by atoms with Crippen LogP contribution >= 0.6 is 0 Å². The van der Waals surface area contributed by atoms with Crippen LogP contribution in [-0.2, 0) is 0 Å². The predicted octanol–water partition coefficient (Wildman–Crippen LogP) is -0.645. The Balaban J connectivity index is 2.22. The van der Waals surface area contributed by atoms with E-state index in [1.807, 2.05) is 0 Å². The van der Waals surface area contributed by atoms with Gasteiger partial charge in [0.15, 0.2) is 0 Å². The second kappa shape index (κ2) is 2.72. The van der Waals surface area contributed by atoms with E-state index < -0.39 is 11.4 Å². The van der Waals surface area contributed by atoms with Gasteiger partial charge in [-0.2, -0.15) is 5.10 Å². The third kappa shape index (κ3) is 1.47. The Kier molecular flexibility index (Phi) is 1.68. The van der Waals surface area contributed by atoms with Gasteiger partial charge < -0.3 is 0 Å². The molecule has 0 aromatic carbocycles. The van der Waals surface area contributed by atoms with Crippen LogP contribution in [0, 0.1) is 11.8 Å². The molecule has 13 heavy (non-hydrogen) atoms. The van der Waals surface area contributed by atoms with Crippen LogP contribution in [0.25, 0.3) is 0 Å². The molecule has 1 fully saturated rings. The number of hydrogen-bond acceptors (Lipinski definition) is 3. The van der Waals surface area contributed by atoms with E-state index in [-0.39, 0.29) is 0 Å². The summed E-state index contributed by atoms with van der Waals surface area (Å²) >= 11 is 0. The molecule has 1 aromatic rings. The third-order valence-electron chi connectivity index (χ3n) is 2.21. The summed E-state index contributed by atoms with van der Waals surface area (Å²) in [7, 11) is 0. The number of rotatable bonds is 2. The minimum absolute atomic E-state index is 0.418. The number of H-pyrrole nitrogens is 2. The lowest BCUT2D eigenvalue weighted by Crippen LogP contribution is -2.22. The fraction of sp³-hybridized carbons (Fsp3) is 0.571. The summed E-state index contributed by atoms with van der Waals surface area (Å²) < 4.78 is 0.783. The predicted molar refractivity (Wildman–Crippen MR) is 46.8 cm³/mol. The van der Waals surface area contributed by atoms with Crippen LogP contribution in [0.2, 0.25) is 0 Å². The minimum Gasteiger partial charge on any atom is -0.246 e. The van der Waals surface area contributed by atoms with Crippen LogP contribution in [0.4, 0.5) is 0 Å². The molecule has 0 amide bonds. The zero-order valence-corrected chi connectivity index (χ0v) is 7.15. The Morgan fingerprint density at radius 2 is 2.00 bits per heavy atom.